The summed E-state index contributed by atoms with van der Waals surface area (Å²) >= 11 is 0. The first-order chi connectivity index (χ1) is 42.0. The number of nitrogens with zero attached hydrogens (tertiary/aromatic N) is 2. The highest BCUT2D eigenvalue weighted by Gasteiger charge is 2.43. The van der Waals surface area contributed by atoms with Crippen molar-refractivity contribution in [3.63, 3.8) is 0 Å². The third-order valence-corrected chi connectivity index (χ3v) is 15.8. The number of hydrogen-bond acceptors (Lipinski definition) is 17. The number of primary amides is 1. The first kappa shape index (κ1) is 75.5. The van der Waals surface area contributed by atoms with Gasteiger partial charge in [0.2, 0.25) is 70.9 Å². The van der Waals surface area contributed by atoms with Crippen molar-refractivity contribution >= 4 is 82.8 Å². The van der Waals surface area contributed by atoms with E-state index in [9.17, 15) is 67.4 Å². The van der Waals surface area contributed by atoms with Gasteiger partial charge in [-0.05, 0) is 149 Å². The minimum atomic E-state index is -1.41. The second-order valence-corrected chi connectivity index (χ2v) is 23.8. The molecule has 32 nitrogen and oxygen atoms in total. The Bertz CT molecular complexity index is 2480. The monoisotopic (exact) mass is 1260 g/mol. The van der Waals surface area contributed by atoms with Crippen LogP contribution in [0, 0.1) is 17.2 Å². The number of hydrogen-bond donors (Lipinski definition) is 17. The van der Waals surface area contributed by atoms with E-state index in [2.05, 4.69) is 58.5 Å². The van der Waals surface area contributed by atoms with Crippen molar-refractivity contribution in [2.24, 2.45) is 34.8 Å². The number of rotatable bonds is 38. The highest BCUT2D eigenvalue weighted by atomic mass is 16.4. The SMILES string of the molecule is CC(C)[C@H](NC(=O)[C@H](CCCCN)NC(=O)[C@H](CCCNC(=N)N)NC(=O)[C@@H]1CCCN1C(=O)[C@H](CCCCN)NC(=O)[C@H](C)NC(=O)[C@H](CCC(N)=O)NC(=O)[C@@H]1CCCN1C(=O)[C@@H](NC(=O)[C@@H]1CCCN1)C(C)C)C(=O)N[C@@H](C)C(=O)N[C@@H](C)C(=O)O. The number of likely N-dealkylation sites (tertiary alicyclic amines) is 2. The predicted molar refractivity (Wildman–Crippen MR) is 326 cm³/mol. The maximum atomic E-state index is 14.6. The molecule has 21 N–H and O–H groups in total. The number of amides is 12. The Morgan fingerprint density at radius 1 is 0.494 bits per heavy atom. The van der Waals surface area contributed by atoms with Crippen molar-refractivity contribution in [2.75, 3.05) is 39.3 Å². The van der Waals surface area contributed by atoms with Gasteiger partial charge in [-0.15, -0.1) is 0 Å². The molecule has 0 bridgehead atoms. The molecule has 3 fully saturated rings. The normalized spacial score (nSPS) is 19.4. The van der Waals surface area contributed by atoms with E-state index in [1.54, 1.807) is 27.7 Å². The van der Waals surface area contributed by atoms with Gasteiger partial charge in [-0.25, -0.2) is 0 Å². The van der Waals surface area contributed by atoms with Crippen LogP contribution in [0.2, 0.25) is 0 Å². The topological polar surface area (TPSA) is 509 Å². The fourth-order valence-corrected chi connectivity index (χ4v) is 10.6. The highest BCUT2D eigenvalue weighted by Crippen LogP contribution is 2.23. The summed E-state index contributed by atoms with van der Waals surface area (Å²) in [5.41, 5.74) is 22.5. The summed E-state index contributed by atoms with van der Waals surface area (Å²) in [6.45, 7) is 12.3. The Morgan fingerprint density at radius 3 is 1.46 bits per heavy atom. The van der Waals surface area contributed by atoms with Crippen molar-refractivity contribution in [1.29, 1.82) is 5.41 Å². The third-order valence-electron chi connectivity index (χ3n) is 15.8. The molecule has 89 heavy (non-hydrogen) atoms. The number of guanidine groups is 1. The molecule has 0 radical (unpaired) electrons. The minimum Gasteiger partial charge on any atom is -0.480 e. The van der Waals surface area contributed by atoms with Gasteiger partial charge in [0.1, 0.15) is 66.5 Å². The summed E-state index contributed by atoms with van der Waals surface area (Å²) in [6.07, 6.45) is 3.80. The Morgan fingerprint density at radius 2 is 0.955 bits per heavy atom. The van der Waals surface area contributed by atoms with Crippen molar-refractivity contribution < 1.29 is 67.4 Å². The molecule has 12 amide bonds. The summed E-state index contributed by atoms with van der Waals surface area (Å²) in [4.78, 5) is 179. The maximum Gasteiger partial charge on any atom is 0.325 e. The number of carboxylic acid groups (broad SMARTS) is 1. The number of unbranched alkanes of at least 4 members (excludes halogenated alkanes) is 2. The molecule has 3 aliphatic rings. The molecule has 0 saturated carbocycles. The standard InChI is InChI=1S/C57H100N18O14/c1-30(2)43(53(85)66-32(5)45(77)67-34(7)56(88)89)72-50(82)36(16-8-10-24-58)68-49(81)37(19-13-27-64-57(61)62)69-51(83)40-20-14-28-74(40)54(86)39(17-9-11-25-59)71-46(78)33(6)65-48(80)38(22-23-42(60)76)70-52(84)41-21-15-29-75(41)55(87)44(31(3)4)73-47(79)35-18-12-26-63-35/h30-41,43-44,63H,8-29,58-59H2,1-7H3,(H2,60,76)(H,65,80)(H,66,85)(H,67,77)(H,68,81)(H,69,83)(H,70,84)(H,71,78)(H,72,82)(H,73,79)(H,88,89)(H4,61,62,64)/t32-,33-,34-,35-,36-,37-,38-,39-,40-,41-,43-,44-/m0/s1. The van der Waals surface area contributed by atoms with E-state index >= 15 is 0 Å². The first-order valence-corrected chi connectivity index (χ1v) is 31.1. The van der Waals surface area contributed by atoms with E-state index in [1.807, 2.05) is 0 Å². The summed E-state index contributed by atoms with van der Waals surface area (Å²) < 4.78 is 0. The molecule has 32 heteroatoms. The average Bonchev–Trinajstić information content (AvgIpc) is 1.94. The van der Waals surface area contributed by atoms with Gasteiger partial charge in [0.05, 0.1) is 6.04 Å². The first-order valence-electron chi connectivity index (χ1n) is 31.1. The zero-order valence-corrected chi connectivity index (χ0v) is 52.6. The van der Waals surface area contributed by atoms with Crippen molar-refractivity contribution in [1.82, 2.24) is 68.3 Å². The lowest BCUT2D eigenvalue weighted by molar-refractivity contribution is -0.143. The molecule has 0 spiro atoms. The Labute approximate surface area is 520 Å². The minimum absolute atomic E-state index is 0.0423. The van der Waals surface area contributed by atoms with E-state index in [4.69, 9.17) is 28.3 Å². The fraction of sp³-hybridized carbons (Fsp3) is 0.754. The van der Waals surface area contributed by atoms with Crippen LogP contribution in [0.1, 0.15) is 151 Å². The molecule has 502 valence electrons. The summed E-state index contributed by atoms with van der Waals surface area (Å²) in [5, 5.41) is 46.2. The summed E-state index contributed by atoms with van der Waals surface area (Å²) in [6, 6.07) is -13.9. The van der Waals surface area contributed by atoms with Crippen LogP contribution in [-0.4, -0.2) is 209 Å². The van der Waals surface area contributed by atoms with Gasteiger partial charge in [-0.3, -0.25) is 67.7 Å². The average molecular weight is 1260 g/mol. The van der Waals surface area contributed by atoms with Crippen LogP contribution < -0.4 is 81.4 Å². The molecule has 3 aliphatic heterocycles. The van der Waals surface area contributed by atoms with Crippen molar-refractivity contribution in [2.45, 2.75) is 224 Å². The van der Waals surface area contributed by atoms with E-state index in [1.165, 1.54) is 30.6 Å². The molecule has 0 aliphatic carbocycles. The summed E-state index contributed by atoms with van der Waals surface area (Å²) in [5.74, 6) is -11.0. The maximum absolute atomic E-state index is 14.6. The zero-order valence-electron chi connectivity index (χ0n) is 52.6. The molecule has 0 unspecified atom stereocenters. The Hall–Kier alpha value is -7.74. The van der Waals surface area contributed by atoms with Gasteiger partial charge in [-0.1, -0.05) is 27.7 Å². The lowest BCUT2D eigenvalue weighted by atomic mass is 10.0. The summed E-state index contributed by atoms with van der Waals surface area (Å²) in [7, 11) is 0. The van der Waals surface area contributed by atoms with E-state index in [0.29, 0.717) is 51.5 Å². The number of nitrogens with one attached hydrogen (secondary N) is 12. The molecule has 3 heterocycles. The van der Waals surface area contributed by atoms with Crippen LogP contribution in [0.4, 0.5) is 0 Å². The highest BCUT2D eigenvalue weighted by molar-refractivity contribution is 5.99. The zero-order chi connectivity index (χ0) is 66.7. The van der Waals surface area contributed by atoms with Crippen LogP contribution >= 0.6 is 0 Å². The van der Waals surface area contributed by atoms with Gasteiger partial charge >= 0.3 is 5.97 Å². The molecular weight excluding hydrogens is 1160 g/mol. The van der Waals surface area contributed by atoms with Gasteiger partial charge in [0.15, 0.2) is 5.96 Å². The Kier molecular flexibility index (Phi) is 32.2. The number of carbonyl (C=O) groups is 13. The second kappa shape index (κ2) is 38.0. The van der Waals surface area contributed by atoms with Crippen LogP contribution in [0.25, 0.3) is 0 Å². The van der Waals surface area contributed by atoms with E-state index in [-0.39, 0.29) is 102 Å². The molecule has 0 aromatic rings. The van der Waals surface area contributed by atoms with E-state index < -0.39 is 149 Å². The number of carbonyl (C=O) groups excluding carboxylic acids is 12. The molecule has 3 saturated heterocycles. The smallest absolute Gasteiger partial charge is 0.325 e. The lowest BCUT2D eigenvalue weighted by Gasteiger charge is -2.32. The van der Waals surface area contributed by atoms with Crippen LogP contribution in [0.5, 0.6) is 0 Å². The fourth-order valence-electron chi connectivity index (χ4n) is 10.6. The van der Waals surface area contributed by atoms with Gasteiger partial charge in [0, 0.05) is 26.1 Å². The van der Waals surface area contributed by atoms with Crippen LogP contribution in [-0.2, 0) is 62.3 Å². The largest absolute Gasteiger partial charge is 0.480 e. The molecule has 12 atom stereocenters. The number of aliphatic carboxylic acids is 1. The molecule has 3 rings (SSSR count). The van der Waals surface area contributed by atoms with Crippen LogP contribution in [0.15, 0.2) is 0 Å². The van der Waals surface area contributed by atoms with E-state index in [0.717, 1.165) is 6.42 Å². The Balaban J connectivity index is 1.81. The van der Waals surface area contributed by atoms with Crippen molar-refractivity contribution in [3.8, 4) is 0 Å². The predicted octanol–water partition coefficient (Wildman–Crippen LogP) is -4.67. The van der Waals surface area contributed by atoms with Crippen LogP contribution in [0.3, 0.4) is 0 Å². The quantitative estimate of drug-likeness (QED) is 0.0157. The van der Waals surface area contributed by atoms with Crippen molar-refractivity contribution in [3.05, 3.63) is 0 Å². The van der Waals surface area contributed by atoms with Gasteiger partial charge in [0.25, 0.3) is 0 Å². The lowest BCUT2D eigenvalue weighted by Crippen LogP contribution is -2.60. The molecule has 0 aromatic carbocycles. The molecule has 0 aromatic heterocycles. The second-order valence-electron chi connectivity index (χ2n) is 23.8. The van der Waals surface area contributed by atoms with Gasteiger partial charge < -0.3 is 96.3 Å². The molecular formula is C57H100N18O14. The number of carboxylic acids is 1. The third kappa shape index (κ3) is 24.6. The van der Waals surface area contributed by atoms with Gasteiger partial charge in [-0.2, -0.15) is 0 Å². The number of nitrogens with two attached hydrogens (primary N) is 4.